The molecule has 3 nitrogen and oxygen atoms in total. The van der Waals surface area contributed by atoms with Gasteiger partial charge in [-0.3, -0.25) is 0 Å². The number of sulfonamides is 1. The van der Waals surface area contributed by atoms with Crippen molar-refractivity contribution in [3.8, 4) is 0 Å². The Morgan fingerprint density at radius 3 is 2.44 bits per heavy atom. The highest BCUT2D eigenvalue weighted by Gasteiger charge is 2.30. The zero-order valence-electron chi connectivity index (χ0n) is 5.08. The summed E-state index contributed by atoms with van der Waals surface area (Å²) in [6.07, 6.45) is 1.59. The van der Waals surface area contributed by atoms with E-state index in [0.717, 1.165) is 0 Å². The Morgan fingerprint density at radius 1 is 1.67 bits per heavy atom. The number of hydrogen-bond acceptors (Lipinski definition) is 2. The zero-order valence-corrected chi connectivity index (χ0v) is 5.89. The van der Waals surface area contributed by atoms with Crippen LogP contribution in [-0.2, 0) is 10.0 Å². The molecule has 0 bridgehead atoms. The molecule has 0 radical (unpaired) electrons. The fourth-order valence-electron chi connectivity index (χ4n) is 0.718. The van der Waals surface area contributed by atoms with Crippen LogP contribution < -0.4 is 0 Å². The van der Waals surface area contributed by atoms with Crippen LogP contribution in [0, 0.1) is 0 Å². The Kier molecular flexibility index (Phi) is 1.59. The first kappa shape index (κ1) is 6.77. The van der Waals surface area contributed by atoms with Crippen LogP contribution >= 0.6 is 0 Å². The average Bonchev–Trinajstić information content (AvgIpc) is 1.81. The lowest BCUT2D eigenvalue weighted by atomic mass is 10.6. The van der Waals surface area contributed by atoms with Crippen LogP contribution in [0.2, 0.25) is 0 Å². The highest BCUT2D eigenvalue weighted by Crippen LogP contribution is 2.11. The molecule has 0 aromatic carbocycles. The van der Waals surface area contributed by atoms with Crippen molar-refractivity contribution in [1.29, 1.82) is 0 Å². The van der Waals surface area contributed by atoms with E-state index in [-0.39, 0.29) is 0 Å². The van der Waals surface area contributed by atoms with E-state index in [1.807, 2.05) is 0 Å². The van der Waals surface area contributed by atoms with Gasteiger partial charge >= 0.3 is 0 Å². The third-order valence-electron chi connectivity index (χ3n) is 1.32. The van der Waals surface area contributed by atoms with E-state index in [1.54, 1.807) is 6.08 Å². The first-order valence-electron chi connectivity index (χ1n) is 2.75. The summed E-state index contributed by atoms with van der Waals surface area (Å²) in [5, 5.41) is 0. The van der Waals surface area contributed by atoms with Crippen molar-refractivity contribution < 1.29 is 8.42 Å². The summed E-state index contributed by atoms with van der Waals surface area (Å²) in [7, 11) is -2.82. The minimum atomic E-state index is -2.82. The fraction of sp³-hybridized carbons (Fsp3) is 0.600. The van der Waals surface area contributed by atoms with Gasteiger partial charge in [0.25, 0.3) is 0 Å². The molecule has 9 heavy (non-hydrogen) atoms. The molecule has 0 unspecified atom stereocenters. The van der Waals surface area contributed by atoms with Crippen LogP contribution in [0.3, 0.4) is 0 Å². The van der Waals surface area contributed by atoms with Crippen LogP contribution in [0.1, 0.15) is 0 Å². The van der Waals surface area contributed by atoms with Gasteiger partial charge in [-0.25, -0.2) is 8.42 Å². The Labute approximate surface area is 55.0 Å². The summed E-state index contributed by atoms with van der Waals surface area (Å²) in [6.45, 7) is 4.56. The quantitative estimate of drug-likeness (QED) is 0.508. The second kappa shape index (κ2) is 2.11. The minimum absolute atomic E-state index is 0.306. The zero-order chi connectivity index (χ0) is 6.91. The van der Waals surface area contributed by atoms with E-state index in [2.05, 4.69) is 6.58 Å². The van der Waals surface area contributed by atoms with E-state index in [9.17, 15) is 8.42 Å². The van der Waals surface area contributed by atoms with Crippen LogP contribution in [0.5, 0.6) is 0 Å². The molecule has 1 saturated heterocycles. The Bertz CT molecular complexity index is 207. The molecular formula is C5H9NO2S. The summed E-state index contributed by atoms with van der Waals surface area (Å²) in [6, 6.07) is 0. The second-order valence-corrected chi connectivity index (χ2v) is 4.05. The summed E-state index contributed by atoms with van der Waals surface area (Å²) in [5.74, 6) is 0.306. The predicted octanol–water partition coefficient (Wildman–Crippen LogP) is -0.182. The largest absolute Gasteiger partial charge is 0.215 e. The lowest BCUT2D eigenvalue weighted by Crippen LogP contribution is -2.47. The lowest BCUT2D eigenvalue weighted by molar-refractivity contribution is 0.413. The molecule has 0 amide bonds. The van der Waals surface area contributed by atoms with E-state index in [1.165, 1.54) is 4.31 Å². The molecule has 0 aliphatic carbocycles. The smallest absolute Gasteiger partial charge is 0.212 e. The second-order valence-electron chi connectivity index (χ2n) is 1.96. The monoisotopic (exact) mass is 147 g/mol. The normalized spacial score (nSPS) is 24.9. The first-order valence-corrected chi connectivity index (χ1v) is 4.36. The van der Waals surface area contributed by atoms with Crippen LogP contribution in [-0.4, -0.2) is 31.6 Å². The standard InChI is InChI=1S/C5H9NO2S/c1-2-3-6-4-5-9(6,7)8/h2H,1,3-5H2. The topological polar surface area (TPSA) is 37.4 Å². The maximum Gasteiger partial charge on any atom is 0.215 e. The van der Waals surface area contributed by atoms with Gasteiger partial charge in [-0.2, -0.15) is 4.31 Å². The molecule has 0 aromatic rings. The molecule has 0 spiro atoms. The van der Waals surface area contributed by atoms with Crippen molar-refractivity contribution in [2.24, 2.45) is 0 Å². The molecule has 1 fully saturated rings. The summed E-state index contributed by atoms with van der Waals surface area (Å²) < 4.78 is 22.8. The molecule has 1 rings (SSSR count). The van der Waals surface area contributed by atoms with Crippen LogP contribution in [0.15, 0.2) is 12.7 Å². The molecule has 1 aliphatic heterocycles. The van der Waals surface area contributed by atoms with Gasteiger partial charge in [-0.05, 0) is 0 Å². The predicted molar refractivity (Wildman–Crippen MR) is 35.6 cm³/mol. The molecule has 4 heteroatoms. The van der Waals surface area contributed by atoms with E-state index >= 15 is 0 Å². The molecule has 0 saturated carbocycles. The van der Waals surface area contributed by atoms with E-state index in [4.69, 9.17) is 0 Å². The average molecular weight is 147 g/mol. The van der Waals surface area contributed by atoms with Crippen molar-refractivity contribution in [2.75, 3.05) is 18.8 Å². The number of nitrogens with zero attached hydrogens (tertiary/aromatic N) is 1. The molecule has 0 N–H and O–H groups in total. The highest BCUT2D eigenvalue weighted by atomic mass is 32.2. The van der Waals surface area contributed by atoms with Crippen molar-refractivity contribution in [3.05, 3.63) is 12.7 Å². The molecule has 0 aromatic heterocycles. The summed E-state index contributed by atoms with van der Waals surface area (Å²) in [4.78, 5) is 0. The minimum Gasteiger partial charge on any atom is -0.212 e. The van der Waals surface area contributed by atoms with Crippen LogP contribution in [0.4, 0.5) is 0 Å². The van der Waals surface area contributed by atoms with E-state index in [0.29, 0.717) is 18.8 Å². The van der Waals surface area contributed by atoms with Gasteiger partial charge in [0.2, 0.25) is 10.0 Å². The van der Waals surface area contributed by atoms with Crippen molar-refractivity contribution in [2.45, 2.75) is 0 Å². The van der Waals surface area contributed by atoms with Crippen molar-refractivity contribution in [3.63, 3.8) is 0 Å². The highest BCUT2D eigenvalue weighted by molar-refractivity contribution is 7.90. The van der Waals surface area contributed by atoms with Crippen molar-refractivity contribution >= 4 is 10.0 Å². The first-order chi connectivity index (χ1) is 4.17. The van der Waals surface area contributed by atoms with Crippen LogP contribution in [0.25, 0.3) is 0 Å². The van der Waals surface area contributed by atoms with E-state index < -0.39 is 10.0 Å². The molecule has 1 heterocycles. The van der Waals surface area contributed by atoms with Gasteiger partial charge in [0.15, 0.2) is 0 Å². The lowest BCUT2D eigenvalue weighted by Gasteiger charge is -2.28. The van der Waals surface area contributed by atoms with Gasteiger partial charge in [0.1, 0.15) is 0 Å². The van der Waals surface area contributed by atoms with Gasteiger partial charge in [0, 0.05) is 13.1 Å². The molecule has 52 valence electrons. The van der Waals surface area contributed by atoms with Gasteiger partial charge < -0.3 is 0 Å². The Hall–Kier alpha value is -0.350. The maximum absolute atomic E-state index is 10.7. The number of hydrogen-bond donors (Lipinski definition) is 0. The Balaban J connectivity index is 2.56. The van der Waals surface area contributed by atoms with Crippen molar-refractivity contribution in [1.82, 2.24) is 4.31 Å². The molecule has 1 aliphatic rings. The maximum atomic E-state index is 10.7. The summed E-state index contributed by atoms with van der Waals surface area (Å²) >= 11 is 0. The van der Waals surface area contributed by atoms with Gasteiger partial charge in [0.05, 0.1) is 5.75 Å². The third kappa shape index (κ3) is 1.14. The fourth-order valence-corrected chi connectivity index (χ4v) is 1.79. The third-order valence-corrected chi connectivity index (χ3v) is 3.14. The Morgan fingerprint density at radius 2 is 2.33 bits per heavy atom. The van der Waals surface area contributed by atoms with Gasteiger partial charge in [-0.15, -0.1) is 6.58 Å². The number of rotatable bonds is 2. The van der Waals surface area contributed by atoms with Gasteiger partial charge in [-0.1, -0.05) is 6.08 Å². The SMILES string of the molecule is C=CCN1CCS1(=O)=O. The summed E-state index contributed by atoms with van der Waals surface area (Å²) in [5.41, 5.74) is 0. The molecule has 0 atom stereocenters. The molecular weight excluding hydrogens is 138 g/mol.